The van der Waals surface area contributed by atoms with Crippen LogP contribution in [0.15, 0.2) is 97.1 Å². The number of ether oxygens (including phenoxy) is 14. The van der Waals surface area contributed by atoms with Crippen LogP contribution in [-0.2, 0) is 130 Å². The number of carbonyl (C=O) groups excluding carboxylic acids is 8. The SMILES string of the molecule is CS(=O)(=O)SCCN.CS(=O)(=O)SCCNC(=O)COCC(COCC(COCC(=O)NCCSS(C)(=O)=O)OCOC(=O)NCCSS(C)(=O)=O)OCOC(=O)NCCSS(C)(=O)=O.O=C(COCC(COCC(COCC(=O)On1nnc2ccccc21)OCOC(=O)On1nnc2ccccc21)OCOC(=O)On1nnc2ccccc21)On1nnc2ccccc21. The van der Waals surface area contributed by atoms with Crippen molar-refractivity contribution in [1.29, 1.82) is 0 Å². The van der Waals surface area contributed by atoms with E-state index in [9.17, 15) is 80.4 Å². The largest absolute Gasteiger partial charge is 0.537 e. The second kappa shape index (κ2) is 58.4. The Morgan fingerprint density at radius 3 is 0.854 bits per heavy atom. The summed E-state index contributed by atoms with van der Waals surface area (Å²) in [7, 11) is -12.6. The number of alkyl carbamates (subject to hydrolysis) is 2. The summed E-state index contributed by atoms with van der Waals surface area (Å²) in [6, 6.07) is 27.2. The molecular weight excluding hydrogens is 1940 g/mol. The Kier molecular flexibility index (Phi) is 49.1. The maximum absolute atomic E-state index is 12.6. The number of carbonyl (C=O) groups is 8. The molecule has 722 valence electrons. The molecule has 0 saturated carbocycles. The van der Waals surface area contributed by atoms with Crippen molar-refractivity contribution in [3.05, 3.63) is 97.1 Å². The van der Waals surface area contributed by atoms with Gasteiger partial charge in [0.25, 0.3) is 0 Å². The number of nitrogens with zero attached hydrogens (tertiary/aromatic N) is 12. The molecule has 130 heavy (non-hydrogen) atoms. The Morgan fingerprint density at radius 1 is 0.331 bits per heavy atom. The number of nitrogens with one attached hydrogen (secondary N) is 4. The van der Waals surface area contributed by atoms with Gasteiger partial charge in [-0.1, -0.05) is 67.9 Å². The molecule has 0 aliphatic heterocycles. The molecule has 4 aromatic heterocycles. The number of hydrogen-bond acceptors (Lipinski definition) is 50. The Morgan fingerprint density at radius 2 is 0.577 bits per heavy atom. The Balaban J connectivity index is 0.000000373. The number of amides is 4. The van der Waals surface area contributed by atoms with E-state index in [0.29, 0.717) is 99.6 Å². The molecule has 4 atom stereocenters. The highest BCUT2D eigenvalue weighted by atomic mass is 33.2. The summed E-state index contributed by atoms with van der Waals surface area (Å²) in [6.45, 7) is -6.33. The molecule has 6 N–H and O–H groups in total. The van der Waals surface area contributed by atoms with Crippen LogP contribution < -0.4 is 46.4 Å². The molecule has 0 radical (unpaired) electrons. The van der Waals surface area contributed by atoms with E-state index >= 15 is 0 Å². The maximum Gasteiger partial charge on any atom is 0.537 e. The number of benzene rings is 4. The first-order chi connectivity index (χ1) is 61.9. The monoisotopic (exact) mass is 2030 g/mol. The number of hydrogen-bond donors (Lipinski definition) is 5. The van der Waals surface area contributed by atoms with E-state index in [1.807, 2.05) is 0 Å². The first kappa shape index (κ1) is 109. The van der Waals surface area contributed by atoms with E-state index in [1.54, 1.807) is 97.1 Å². The Hall–Kier alpha value is -9.50. The maximum atomic E-state index is 12.6. The van der Waals surface area contributed by atoms with Gasteiger partial charge in [-0.15, -0.1) is 20.4 Å². The van der Waals surface area contributed by atoms with Gasteiger partial charge in [0.05, 0.1) is 52.9 Å². The molecule has 0 bridgehead atoms. The summed E-state index contributed by atoms with van der Waals surface area (Å²) in [4.78, 5) is 123. The number of aromatic nitrogens is 12. The molecule has 4 aromatic carbocycles. The van der Waals surface area contributed by atoms with Crippen LogP contribution in [0, 0.1) is 0 Å². The smallest absolute Gasteiger partial charge is 0.422 e. The highest BCUT2D eigenvalue weighted by molar-refractivity contribution is 8.73. The predicted octanol–water partition coefficient (Wildman–Crippen LogP) is -1.64. The Bertz CT molecular complexity index is 4880. The van der Waals surface area contributed by atoms with Gasteiger partial charge in [0.15, 0.2) is 71.5 Å². The number of nitrogens with two attached hydrogens (primary N) is 1. The van der Waals surface area contributed by atoms with Crippen LogP contribution in [0.25, 0.3) is 44.1 Å². The molecule has 4 heterocycles. The van der Waals surface area contributed by atoms with Crippen molar-refractivity contribution in [2.24, 2.45) is 5.73 Å². The minimum absolute atomic E-state index is 0.0228. The van der Waals surface area contributed by atoms with Crippen molar-refractivity contribution in [2.75, 3.05) is 199 Å². The van der Waals surface area contributed by atoms with Crippen molar-refractivity contribution >= 4 is 191 Å². The molecular formula is C67H93N17O36S10. The summed E-state index contributed by atoms with van der Waals surface area (Å²) in [5.41, 5.74) is 8.71. The Labute approximate surface area is 760 Å². The third-order valence-corrected chi connectivity index (χ3v) is 27.4. The van der Waals surface area contributed by atoms with E-state index in [-0.39, 0.29) is 102 Å². The normalized spacial score (nSPS) is 12.7. The van der Waals surface area contributed by atoms with Crippen LogP contribution in [0.2, 0.25) is 0 Å². The average molecular weight is 2030 g/mol. The molecule has 0 spiro atoms. The molecule has 63 heteroatoms. The molecule has 0 fully saturated rings. The summed E-state index contributed by atoms with van der Waals surface area (Å²) in [5, 5.41) is 40.5. The van der Waals surface area contributed by atoms with E-state index in [4.69, 9.17) is 91.4 Å². The zero-order valence-corrected chi connectivity index (χ0v) is 77.8. The quantitative estimate of drug-likeness (QED) is 0.00712. The van der Waals surface area contributed by atoms with Crippen molar-refractivity contribution in [1.82, 2.24) is 81.9 Å². The summed E-state index contributed by atoms with van der Waals surface area (Å²) in [6.07, 6.45) is -2.88. The lowest BCUT2D eigenvalue weighted by molar-refractivity contribution is -0.160. The molecule has 4 amide bonds. The van der Waals surface area contributed by atoms with Gasteiger partial charge in [-0.05, 0) is 123 Å². The second-order valence-corrected chi connectivity index (χ2v) is 48.2. The van der Waals surface area contributed by atoms with Crippen LogP contribution in [0.4, 0.5) is 19.2 Å². The molecule has 0 aliphatic carbocycles. The second-order valence-electron chi connectivity index (χ2n) is 25.3. The summed E-state index contributed by atoms with van der Waals surface area (Å²) >= 11 is 0. The molecule has 4 unspecified atom stereocenters. The number of fused-ring (bicyclic) bond motifs is 4. The first-order valence-electron chi connectivity index (χ1n) is 37.4. The molecule has 8 rings (SSSR count). The van der Waals surface area contributed by atoms with Gasteiger partial charge in [-0.2, -0.15) is 0 Å². The van der Waals surface area contributed by atoms with E-state index in [0.717, 1.165) is 55.2 Å². The molecule has 0 saturated heterocycles. The van der Waals surface area contributed by atoms with Crippen LogP contribution in [0.5, 0.6) is 0 Å². The third kappa shape index (κ3) is 48.6. The minimum atomic E-state index is -3.31. The summed E-state index contributed by atoms with van der Waals surface area (Å²) < 4.78 is 186. The highest BCUT2D eigenvalue weighted by Crippen LogP contribution is 2.16. The third-order valence-electron chi connectivity index (χ3n) is 14.5. The van der Waals surface area contributed by atoms with E-state index < -0.39 is 171 Å². The lowest BCUT2D eigenvalue weighted by Crippen LogP contribution is -2.36. The average Bonchev–Trinajstić information content (AvgIpc) is 1.71. The molecule has 0 aliphatic rings. The standard InChI is InChI=1S/C38H34N12O15.C26H50N4O19S8.C3H9NO2S2/c51-35(62-47-31-13-5-1-9-27(31)39-43-47)21-56-19-25(58-23-60-37(53)64-49-33-15-7-3-11-29(33)41-45-49)17-55-18-26(20-57-22-36(52)63-48-32-14-6-2-10-28(32)40-44-48)59-24-61-38(54)65-50-34-16-8-4-12-30(34)42-46-50;1-54(35,36)50-9-5-27-23(31)17-44-15-21(46-19-48-25(33)29-7-11-52-56(3,39)40)13-43-14-22(16-45-18-24(32)28-6-10-51-55(2,37)38)47-20-49-26(34)30-8-12-53-57(4,41)42;1-8(5,6)7-3-2-4/h1-16,25-26H,17-24H2;21-22H,5-20H2,1-4H3,(H,27,31)(H,28,32)(H,29,33)(H,30,34);2-4H2,1H3. The van der Waals surface area contributed by atoms with Crippen molar-refractivity contribution in [3.63, 3.8) is 0 Å². The predicted molar refractivity (Wildman–Crippen MR) is 464 cm³/mol. The van der Waals surface area contributed by atoms with Gasteiger partial charge in [-0.3, -0.25) is 19.3 Å². The van der Waals surface area contributed by atoms with E-state index in [1.165, 1.54) is 6.26 Å². The highest BCUT2D eigenvalue weighted by Gasteiger charge is 2.24. The topological polar surface area (TPSA) is 670 Å². The lowest BCUT2D eigenvalue weighted by Gasteiger charge is -2.21. The molecule has 53 nitrogen and oxygen atoms in total. The van der Waals surface area contributed by atoms with Crippen LogP contribution in [0.1, 0.15) is 0 Å². The first-order valence-corrected chi connectivity index (χ1v) is 54.4. The van der Waals surface area contributed by atoms with E-state index in [2.05, 4.69) is 62.5 Å². The van der Waals surface area contributed by atoms with Gasteiger partial charge < -0.3 is 103 Å². The number of para-hydroxylation sites is 4. The zero-order chi connectivity index (χ0) is 94.8. The van der Waals surface area contributed by atoms with Crippen LogP contribution >= 0.6 is 54.0 Å². The van der Waals surface area contributed by atoms with Gasteiger partial charge in [-0.25, -0.2) is 70.9 Å². The van der Waals surface area contributed by atoms with Gasteiger partial charge >= 0.3 is 36.4 Å². The fourth-order valence-corrected chi connectivity index (χ4v) is 17.2. The van der Waals surface area contributed by atoms with Gasteiger partial charge in [0.2, 0.25) is 11.8 Å². The van der Waals surface area contributed by atoms with Crippen molar-refractivity contribution in [3.8, 4) is 0 Å². The van der Waals surface area contributed by atoms with Gasteiger partial charge in [0, 0.05) is 92.8 Å². The van der Waals surface area contributed by atoms with Gasteiger partial charge in [0.1, 0.15) is 95.0 Å². The van der Waals surface area contributed by atoms with Crippen LogP contribution in [-0.4, -0.2) is 375 Å². The fraction of sp³-hybridized carbons (Fsp3) is 0.522. The fourth-order valence-electron chi connectivity index (χ4n) is 9.04. The van der Waals surface area contributed by atoms with Crippen molar-refractivity contribution in [2.45, 2.75) is 24.4 Å². The van der Waals surface area contributed by atoms with Crippen LogP contribution in [0.3, 0.4) is 0 Å². The zero-order valence-electron chi connectivity index (χ0n) is 69.7. The number of rotatable bonds is 59. The summed E-state index contributed by atoms with van der Waals surface area (Å²) in [5.74, 6) is -1.93. The minimum Gasteiger partial charge on any atom is -0.422 e. The lowest BCUT2D eigenvalue weighted by atomic mass is 10.3. The van der Waals surface area contributed by atoms with Crippen molar-refractivity contribution < 1.29 is 166 Å². The molecule has 8 aromatic rings.